The number of thiophene rings is 2. The molecule has 1 fully saturated rings. The third kappa shape index (κ3) is 7.54. The van der Waals surface area contributed by atoms with Crippen molar-refractivity contribution < 1.29 is 4.79 Å². The summed E-state index contributed by atoms with van der Waals surface area (Å²) in [6.07, 6.45) is 2.52. The largest absolute Gasteiger partial charge is 0.354 e. The van der Waals surface area contributed by atoms with Crippen molar-refractivity contribution >= 4 is 58.5 Å². The molecule has 3 rings (SSSR count). The average molecular weight is 548 g/mol. The van der Waals surface area contributed by atoms with Crippen LogP contribution in [0.5, 0.6) is 0 Å². The molecule has 1 aliphatic heterocycles. The summed E-state index contributed by atoms with van der Waals surface area (Å²) in [5.74, 6) is 0.677. The van der Waals surface area contributed by atoms with Gasteiger partial charge in [-0.05, 0) is 48.8 Å². The first kappa shape index (κ1) is 24.1. The van der Waals surface area contributed by atoms with E-state index in [2.05, 4.69) is 49.5 Å². The smallest absolute Gasteiger partial charge is 0.243 e. The Labute approximate surface area is 198 Å². The topological polar surface area (TPSA) is 60.0 Å². The highest BCUT2D eigenvalue weighted by molar-refractivity contribution is 14.0. The minimum absolute atomic E-state index is 0. The Morgan fingerprint density at radius 3 is 2.52 bits per heavy atom. The Balaban J connectivity index is 0.00000300. The highest BCUT2D eigenvalue weighted by atomic mass is 127. The maximum atomic E-state index is 12.0. The van der Waals surface area contributed by atoms with Gasteiger partial charge in [-0.2, -0.15) is 0 Å². The molecule has 1 unspecified atom stereocenters. The van der Waals surface area contributed by atoms with E-state index in [4.69, 9.17) is 0 Å². The molecule has 0 radical (unpaired) electrons. The molecule has 160 valence electrons. The van der Waals surface area contributed by atoms with Crippen molar-refractivity contribution in [2.45, 2.75) is 25.4 Å². The van der Waals surface area contributed by atoms with E-state index < -0.39 is 0 Å². The van der Waals surface area contributed by atoms with Crippen molar-refractivity contribution in [1.82, 2.24) is 20.4 Å². The van der Waals surface area contributed by atoms with Gasteiger partial charge in [0.15, 0.2) is 5.96 Å². The zero-order valence-electron chi connectivity index (χ0n) is 17.0. The lowest BCUT2D eigenvalue weighted by Gasteiger charge is -2.27. The maximum Gasteiger partial charge on any atom is 0.243 e. The molecule has 6 nitrogen and oxygen atoms in total. The minimum atomic E-state index is -0.00780. The van der Waals surface area contributed by atoms with Gasteiger partial charge in [-0.1, -0.05) is 12.1 Å². The van der Waals surface area contributed by atoms with Crippen molar-refractivity contribution in [3.05, 3.63) is 44.8 Å². The number of carbonyl (C=O) groups excluding carboxylic acids is 1. The van der Waals surface area contributed by atoms with Crippen LogP contribution in [-0.2, 0) is 11.3 Å². The Hall–Kier alpha value is -1.17. The normalized spacial score (nSPS) is 15.6. The number of carbonyl (C=O) groups is 1. The third-order valence-electron chi connectivity index (χ3n) is 4.80. The fourth-order valence-electron chi connectivity index (χ4n) is 3.18. The van der Waals surface area contributed by atoms with E-state index in [1.807, 2.05) is 6.07 Å². The van der Waals surface area contributed by atoms with Crippen LogP contribution in [0.1, 0.15) is 28.6 Å². The second kappa shape index (κ2) is 12.5. The monoisotopic (exact) mass is 547 g/mol. The van der Waals surface area contributed by atoms with Crippen molar-refractivity contribution in [2.24, 2.45) is 4.99 Å². The lowest BCUT2D eigenvalue weighted by atomic mass is 10.2. The van der Waals surface area contributed by atoms with Gasteiger partial charge >= 0.3 is 0 Å². The summed E-state index contributed by atoms with van der Waals surface area (Å²) >= 11 is 3.51. The highest BCUT2D eigenvalue weighted by Gasteiger charge is 2.24. The lowest BCUT2D eigenvalue weighted by Crippen LogP contribution is -2.42. The van der Waals surface area contributed by atoms with Gasteiger partial charge < -0.3 is 15.5 Å². The van der Waals surface area contributed by atoms with E-state index in [9.17, 15) is 4.79 Å². The SMILES string of the molecule is CN(C)C(=O)CN=C(NCc1cccs1)NCC(c1cccs1)N1CCCC1.I. The molecule has 0 bridgehead atoms. The molecular formula is C20H30IN5OS2. The average Bonchev–Trinajstić information content (AvgIpc) is 3.46. The lowest BCUT2D eigenvalue weighted by molar-refractivity contribution is -0.127. The van der Waals surface area contributed by atoms with Crippen LogP contribution < -0.4 is 10.6 Å². The number of nitrogens with one attached hydrogen (secondary N) is 2. The molecule has 2 aromatic rings. The predicted molar refractivity (Wildman–Crippen MR) is 133 cm³/mol. The quantitative estimate of drug-likeness (QED) is 0.302. The molecule has 29 heavy (non-hydrogen) atoms. The molecule has 0 saturated carbocycles. The summed E-state index contributed by atoms with van der Waals surface area (Å²) in [6.45, 7) is 3.89. The molecule has 1 atom stereocenters. The van der Waals surface area contributed by atoms with Crippen LogP contribution >= 0.6 is 46.7 Å². The molecule has 1 saturated heterocycles. The molecule has 1 amide bonds. The first-order valence-electron chi connectivity index (χ1n) is 9.65. The Bertz CT molecular complexity index is 743. The number of hydrogen-bond donors (Lipinski definition) is 2. The summed E-state index contributed by atoms with van der Waals surface area (Å²) in [7, 11) is 3.51. The molecule has 2 N–H and O–H groups in total. The van der Waals surface area contributed by atoms with Gasteiger partial charge in [-0.3, -0.25) is 9.69 Å². The van der Waals surface area contributed by atoms with Crippen molar-refractivity contribution in [2.75, 3.05) is 40.3 Å². The fourth-order valence-corrected chi connectivity index (χ4v) is 4.69. The molecule has 0 aromatic carbocycles. The van der Waals surface area contributed by atoms with Crippen LogP contribution in [-0.4, -0.2) is 61.9 Å². The van der Waals surface area contributed by atoms with Crippen LogP contribution in [0, 0.1) is 0 Å². The molecule has 0 spiro atoms. The van der Waals surface area contributed by atoms with Crippen LogP contribution in [0.2, 0.25) is 0 Å². The van der Waals surface area contributed by atoms with Crippen molar-refractivity contribution in [3.63, 3.8) is 0 Å². The van der Waals surface area contributed by atoms with E-state index in [1.165, 1.54) is 22.6 Å². The van der Waals surface area contributed by atoms with E-state index in [0.29, 0.717) is 18.5 Å². The third-order valence-corrected chi connectivity index (χ3v) is 6.65. The zero-order valence-corrected chi connectivity index (χ0v) is 20.9. The molecule has 3 heterocycles. The first-order valence-corrected chi connectivity index (χ1v) is 11.4. The number of likely N-dealkylation sites (tertiary alicyclic amines) is 1. The maximum absolute atomic E-state index is 12.0. The summed E-state index contributed by atoms with van der Waals surface area (Å²) in [5.41, 5.74) is 0. The Morgan fingerprint density at radius 2 is 1.90 bits per heavy atom. The molecule has 0 aliphatic carbocycles. The number of nitrogens with zero attached hydrogens (tertiary/aromatic N) is 3. The van der Waals surface area contributed by atoms with Crippen LogP contribution in [0.15, 0.2) is 40.0 Å². The number of halogens is 1. The van der Waals surface area contributed by atoms with Crippen molar-refractivity contribution in [1.29, 1.82) is 0 Å². The van der Waals surface area contributed by atoms with E-state index in [1.54, 1.807) is 41.7 Å². The van der Waals surface area contributed by atoms with Gasteiger partial charge in [0.1, 0.15) is 6.54 Å². The molecular weight excluding hydrogens is 517 g/mol. The number of aliphatic imine (C=N–C) groups is 1. The van der Waals surface area contributed by atoms with Gasteiger partial charge in [0.25, 0.3) is 0 Å². The minimum Gasteiger partial charge on any atom is -0.354 e. The first-order chi connectivity index (χ1) is 13.6. The van der Waals surface area contributed by atoms with Gasteiger partial charge in [0.2, 0.25) is 5.91 Å². The summed E-state index contributed by atoms with van der Waals surface area (Å²) in [4.78, 5) is 23.2. The molecule has 9 heteroatoms. The van der Waals surface area contributed by atoms with Crippen LogP contribution in [0.3, 0.4) is 0 Å². The molecule has 1 aliphatic rings. The van der Waals surface area contributed by atoms with Gasteiger partial charge in [0.05, 0.1) is 12.6 Å². The number of guanidine groups is 1. The Kier molecular flexibility index (Phi) is 10.4. The number of rotatable bonds is 8. The van der Waals surface area contributed by atoms with E-state index in [0.717, 1.165) is 19.6 Å². The van der Waals surface area contributed by atoms with Crippen LogP contribution in [0.4, 0.5) is 0 Å². The van der Waals surface area contributed by atoms with Gasteiger partial charge in [-0.25, -0.2) is 4.99 Å². The summed E-state index contributed by atoms with van der Waals surface area (Å²) < 4.78 is 0. The Morgan fingerprint density at radius 1 is 1.17 bits per heavy atom. The summed E-state index contributed by atoms with van der Waals surface area (Å²) in [5, 5.41) is 11.1. The number of hydrogen-bond acceptors (Lipinski definition) is 5. The van der Waals surface area contributed by atoms with Crippen molar-refractivity contribution in [3.8, 4) is 0 Å². The standard InChI is InChI=1S/C20H29N5OS2.HI/c1-24(2)19(26)15-23-20(21-13-16-7-5-11-27-16)22-14-17(18-8-6-12-28-18)25-9-3-4-10-25;/h5-8,11-12,17H,3-4,9-10,13-15H2,1-2H3,(H2,21,22,23);1H. The summed E-state index contributed by atoms with van der Waals surface area (Å²) in [6, 6.07) is 8.80. The zero-order chi connectivity index (χ0) is 19.8. The van der Waals surface area contributed by atoms with E-state index in [-0.39, 0.29) is 36.4 Å². The van der Waals surface area contributed by atoms with E-state index >= 15 is 0 Å². The second-order valence-corrected chi connectivity index (χ2v) is 9.05. The second-order valence-electron chi connectivity index (χ2n) is 7.04. The van der Waals surface area contributed by atoms with Crippen LogP contribution in [0.25, 0.3) is 0 Å². The highest BCUT2D eigenvalue weighted by Crippen LogP contribution is 2.27. The van der Waals surface area contributed by atoms with Gasteiger partial charge in [-0.15, -0.1) is 46.7 Å². The predicted octanol–water partition coefficient (Wildman–Crippen LogP) is 3.39. The fraction of sp³-hybridized carbons (Fsp3) is 0.500. The van der Waals surface area contributed by atoms with Gasteiger partial charge in [0, 0.05) is 30.4 Å². The molecule has 2 aromatic heterocycles. The number of amides is 1. The number of likely N-dealkylation sites (N-methyl/N-ethyl adjacent to an activating group) is 1.